The zero-order chi connectivity index (χ0) is 12.6. The minimum Gasteiger partial charge on any atom is -0.478 e. The third-order valence-electron chi connectivity index (χ3n) is 2.26. The van der Waals surface area contributed by atoms with E-state index in [-0.39, 0.29) is 10.6 Å². The van der Waals surface area contributed by atoms with Crippen LogP contribution < -0.4 is 5.73 Å². The first kappa shape index (κ1) is 12.2. The zero-order valence-electron chi connectivity index (χ0n) is 8.41. The van der Waals surface area contributed by atoms with Crippen molar-refractivity contribution < 1.29 is 9.90 Å². The third-order valence-corrected chi connectivity index (χ3v) is 3.81. The number of hydrogen-bond donors (Lipinski definition) is 2. The summed E-state index contributed by atoms with van der Waals surface area (Å²) in [5.74, 6) is -1.05. The first-order valence-corrected chi connectivity index (χ1v) is 6.20. The maximum atomic E-state index is 11.1. The molecule has 3 nitrogen and oxygen atoms in total. The summed E-state index contributed by atoms with van der Waals surface area (Å²) >= 11 is 12.9. The number of thiophene rings is 1. The van der Waals surface area contributed by atoms with Crippen molar-refractivity contribution in [2.45, 2.75) is 0 Å². The monoisotopic (exact) mass is 287 g/mol. The molecule has 6 heteroatoms. The molecular formula is C11H7Cl2NO2S. The van der Waals surface area contributed by atoms with Crippen LogP contribution in [0.3, 0.4) is 0 Å². The lowest BCUT2D eigenvalue weighted by Crippen LogP contribution is -2.00. The van der Waals surface area contributed by atoms with Gasteiger partial charge in [-0.2, -0.15) is 0 Å². The lowest BCUT2D eigenvalue weighted by molar-refractivity contribution is 0.0699. The van der Waals surface area contributed by atoms with Crippen LogP contribution in [0.5, 0.6) is 0 Å². The second-order valence-electron chi connectivity index (χ2n) is 3.32. The largest absolute Gasteiger partial charge is 0.478 e. The van der Waals surface area contributed by atoms with Crippen molar-refractivity contribution in [3.63, 3.8) is 0 Å². The van der Waals surface area contributed by atoms with Gasteiger partial charge < -0.3 is 10.8 Å². The molecular weight excluding hydrogens is 281 g/mol. The summed E-state index contributed by atoms with van der Waals surface area (Å²) in [7, 11) is 0. The molecule has 17 heavy (non-hydrogen) atoms. The van der Waals surface area contributed by atoms with Crippen molar-refractivity contribution >= 4 is 45.5 Å². The standard InChI is InChI=1S/C11H7Cl2NO2S/c12-7-2-1-5(3-8(7)13)6-4-17-10(14)9(6)11(15)16/h1-4H,14H2,(H,15,16). The first-order valence-electron chi connectivity index (χ1n) is 4.56. The van der Waals surface area contributed by atoms with E-state index in [1.165, 1.54) is 11.3 Å². The summed E-state index contributed by atoms with van der Waals surface area (Å²) in [6.45, 7) is 0. The molecule has 2 rings (SSSR count). The molecule has 88 valence electrons. The molecule has 3 N–H and O–H groups in total. The van der Waals surface area contributed by atoms with Gasteiger partial charge in [0, 0.05) is 10.9 Å². The molecule has 0 amide bonds. The Bertz CT molecular complexity index is 595. The number of carboxylic acids is 1. The molecule has 0 saturated carbocycles. The lowest BCUT2D eigenvalue weighted by Gasteiger charge is -2.03. The Hall–Kier alpha value is -1.23. The average molecular weight is 288 g/mol. The van der Waals surface area contributed by atoms with Crippen LogP contribution in [0.1, 0.15) is 10.4 Å². The number of rotatable bonds is 2. The summed E-state index contributed by atoms with van der Waals surface area (Å²) in [5.41, 5.74) is 6.97. The van der Waals surface area contributed by atoms with Crippen molar-refractivity contribution in [2.75, 3.05) is 5.73 Å². The van der Waals surface area contributed by atoms with Crippen molar-refractivity contribution in [2.24, 2.45) is 0 Å². The van der Waals surface area contributed by atoms with Crippen molar-refractivity contribution in [3.8, 4) is 11.1 Å². The maximum absolute atomic E-state index is 11.1. The predicted octanol–water partition coefficient (Wildman–Crippen LogP) is 4.00. The number of anilines is 1. The molecule has 1 aromatic carbocycles. The normalized spacial score (nSPS) is 10.5. The summed E-state index contributed by atoms with van der Waals surface area (Å²) in [6.07, 6.45) is 0. The predicted molar refractivity (Wildman–Crippen MR) is 71.1 cm³/mol. The van der Waals surface area contributed by atoms with Crippen LogP contribution in [0.2, 0.25) is 10.0 Å². The van der Waals surface area contributed by atoms with Gasteiger partial charge in [0.1, 0.15) is 10.6 Å². The fourth-order valence-corrected chi connectivity index (χ4v) is 2.58. The molecule has 1 heterocycles. The van der Waals surface area contributed by atoms with E-state index >= 15 is 0 Å². The highest BCUT2D eigenvalue weighted by Gasteiger charge is 2.18. The SMILES string of the molecule is Nc1scc(-c2ccc(Cl)c(Cl)c2)c1C(=O)O. The molecule has 0 fully saturated rings. The Kier molecular flexibility index (Phi) is 3.28. The minimum atomic E-state index is -1.05. The summed E-state index contributed by atoms with van der Waals surface area (Å²) in [4.78, 5) is 11.1. The van der Waals surface area contributed by atoms with Gasteiger partial charge in [-0.15, -0.1) is 11.3 Å². The number of nitrogens with two attached hydrogens (primary N) is 1. The van der Waals surface area contributed by atoms with Crippen LogP contribution in [0.25, 0.3) is 11.1 Å². The van der Waals surface area contributed by atoms with Crippen LogP contribution in [0.15, 0.2) is 23.6 Å². The molecule has 0 bridgehead atoms. The topological polar surface area (TPSA) is 63.3 Å². The highest BCUT2D eigenvalue weighted by atomic mass is 35.5. The Morgan fingerprint density at radius 2 is 2.00 bits per heavy atom. The van der Waals surface area contributed by atoms with E-state index in [0.29, 0.717) is 21.2 Å². The van der Waals surface area contributed by atoms with Gasteiger partial charge in [0.2, 0.25) is 0 Å². The van der Waals surface area contributed by atoms with Crippen molar-refractivity contribution in [1.29, 1.82) is 0 Å². The number of carbonyl (C=O) groups is 1. The Morgan fingerprint density at radius 1 is 1.29 bits per heavy atom. The van der Waals surface area contributed by atoms with Gasteiger partial charge in [0.15, 0.2) is 0 Å². The Labute approximate surface area is 111 Å². The second-order valence-corrected chi connectivity index (χ2v) is 5.05. The number of aromatic carboxylic acids is 1. The third kappa shape index (κ3) is 2.24. The summed E-state index contributed by atoms with van der Waals surface area (Å²) < 4.78 is 0. The molecule has 0 saturated heterocycles. The molecule has 0 aliphatic rings. The minimum absolute atomic E-state index is 0.105. The lowest BCUT2D eigenvalue weighted by atomic mass is 10.0. The summed E-state index contributed by atoms with van der Waals surface area (Å²) in [6, 6.07) is 4.96. The van der Waals surface area contributed by atoms with Crippen LogP contribution in [0, 0.1) is 0 Å². The maximum Gasteiger partial charge on any atom is 0.339 e. The van der Waals surface area contributed by atoms with Crippen molar-refractivity contribution in [1.82, 2.24) is 0 Å². The Balaban J connectivity index is 2.60. The number of nitrogen functional groups attached to an aromatic ring is 1. The molecule has 2 aromatic rings. The van der Waals surface area contributed by atoms with Gasteiger partial charge in [0.05, 0.1) is 10.0 Å². The first-order chi connectivity index (χ1) is 8.00. The van der Waals surface area contributed by atoms with E-state index in [4.69, 9.17) is 34.0 Å². The molecule has 0 atom stereocenters. The summed E-state index contributed by atoms with van der Waals surface area (Å²) in [5, 5.41) is 11.9. The van der Waals surface area contributed by atoms with Gasteiger partial charge in [-0.1, -0.05) is 29.3 Å². The molecule has 0 radical (unpaired) electrons. The number of halogens is 2. The zero-order valence-corrected chi connectivity index (χ0v) is 10.7. The molecule has 0 aliphatic heterocycles. The van der Waals surface area contributed by atoms with Gasteiger partial charge in [-0.05, 0) is 17.7 Å². The van der Waals surface area contributed by atoms with Crippen LogP contribution >= 0.6 is 34.5 Å². The Morgan fingerprint density at radius 3 is 2.59 bits per heavy atom. The van der Waals surface area contributed by atoms with E-state index in [1.54, 1.807) is 23.6 Å². The van der Waals surface area contributed by atoms with Crippen LogP contribution in [-0.4, -0.2) is 11.1 Å². The van der Waals surface area contributed by atoms with E-state index in [2.05, 4.69) is 0 Å². The smallest absolute Gasteiger partial charge is 0.339 e. The molecule has 1 aromatic heterocycles. The van der Waals surface area contributed by atoms with Gasteiger partial charge in [-0.25, -0.2) is 4.79 Å². The molecule has 0 spiro atoms. The number of benzene rings is 1. The van der Waals surface area contributed by atoms with Gasteiger partial charge >= 0.3 is 5.97 Å². The van der Waals surface area contributed by atoms with E-state index in [9.17, 15) is 4.79 Å². The van der Waals surface area contributed by atoms with Crippen LogP contribution in [0.4, 0.5) is 5.00 Å². The van der Waals surface area contributed by atoms with E-state index in [1.807, 2.05) is 0 Å². The van der Waals surface area contributed by atoms with E-state index < -0.39 is 5.97 Å². The van der Waals surface area contributed by atoms with Crippen molar-refractivity contribution in [3.05, 3.63) is 39.2 Å². The molecule has 0 unspecified atom stereocenters. The van der Waals surface area contributed by atoms with Gasteiger partial charge in [0.25, 0.3) is 0 Å². The number of hydrogen-bond acceptors (Lipinski definition) is 3. The average Bonchev–Trinajstić information content (AvgIpc) is 2.64. The van der Waals surface area contributed by atoms with Crippen LogP contribution in [-0.2, 0) is 0 Å². The van der Waals surface area contributed by atoms with Gasteiger partial charge in [-0.3, -0.25) is 0 Å². The van der Waals surface area contributed by atoms with E-state index in [0.717, 1.165) is 0 Å². The number of carboxylic acid groups (broad SMARTS) is 1. The second kappa shape index (κ2) is 4.56. The fraction of sp³-hybridized carbons (Fsp3) is 0. The highest BCUT2D eigenvalue weighted by Crippen LogP contribution is 2.36. The quantitative estimate of drug-likeness (QED) is 0.877. The highest BCUT2D eigenvalue weighted by molar-refractivity contribution is 7.14. The fourth-order valence-electron chi connectivity index (χ4n) is 1.47. The molecule has 0 aliphatic carbocycles.